The predicted octanol–water partition coefficient (Wildman–Crippen LogP) is 5.95. The molecule has 1 heterocycles. The van der Waals surface area contributed by atoms with E-state index in [2.05, 4.69) is 36.9 Å². The molecule has 2 aromatic carbocycles. The van der Waals surface area contributed by atoms with Gasteiger partial charge in [-0.2, -0.15) is 0 Å². The first-order valence-corrected chi connectivity index (χ1v) is 13.6. The van der Waals surface area contributed by atoms with Gasteiger partial charge in [0.25, 0.3) is 0 Å². The Hall–Kier alpha value is -3.38. The van der Waals surface area contributed by atoms with E-state index in [4.69, 9.17) is 14.2 Å². The maximum Gasteiger partial charge on any atom is 0.161 e. The van der Waals surface area contributed by atoms with E-state index in [-0.39, 0.29) is 17.5 Å². The van der Waals surface area contributed by atoms with Gasteiger partial charge in [-0.15, -0.1) is 0 Å². The highest BCUT2D eigenvalue weighted by Gasteiger charge is 2.43. The highest BCUT2D eigenvalue weighted by molar-refractivity contribution is 6.06. The smallest absolute Gasteiger partial charge is 0.161 e. The van der Waals surface area contributed by atoms with Crippen LogP contribution in [0, 0.1) is 13.8 Å². The van der Waals surface area contributed by atoms with Crippen molar-refractivity contribution in [1.29, 1.82) is 0 Å². The molecule has 0 saturated carbocycles. The molecule has 0 fully saturated rings. The molecule has 0 radical (unpaired) electrons. The van der Waals surface area contributed by atoms with Crippen molar-refractivity contribution in [2.45, 2.75) is 64.9 Å². The fourth-order valence-corrected chi connectivity index (χ4v) is 6.30. The van der Waals surface area contributed by atoms with E-state index in [1.54, 1.807) is 14.2 Å². The van der Waals surface area contributed by atoms with Crippen molar-refractivity contribution in [3.8, 4) is 11.5 Å². The van der Waals surface area contributed by atoms with Crippen molar-refractivity contribution in [2.24, 2.45) is 0 Å². The summed E-state index contributed by atoms with van der Waals surface area (Å²) in [5.41, 5.74) is 8.06. The Morgan fingerprint density at radius 1 is 0.816 bits per heavy atom. The number of Topliss-reactive ketones (excluding diaryl/α,β-unsaturated/α-hetero) is 2. The van der Waals surface area contributed by atoms with Crippen LogP contribution < -0.4 is 9.47 Å². The predicted molar refractivity (Wildman–Crippen MR) is 146 cm³/mol. The first kappa shape index (κ1) is 26.2. The molecule has 1 aliphatic heterocycles. The lowest BCUT2D eigenvalue weighted by molar-refractivity contribution is -0.117. The first-order chi connectivity index (χ1) is 18.4. The van der Waals surface area contributed by atoms with Gasteiger partial charge in [-0.25, -0.2) is 0 Å². The number of rotatable bonds is 8. The molecule has 0 aromatic heterocycles. The number of methoxy groups -OCH3 is 2. The number of nitrogens with zero attached hydrogens (tertiary/aromatic N) is 1. The normalized spacial score (nSPS) is 18.1. The minimum Gasteiger partial charge on any atom is -0.493 e. The molecule has 0 bridgehead atoms. The van der Waals surface area contributed by atoms with Gasteiger partial charge in [0.2, 0.25) is 0 Å². The van der Waals surface area contributed by atoms with Gasteiger partial charge in [-0.1, -0.05) is 35.4 Å². The number of benzene rings is 2. The average molecular weight is 516 g/mol. The SMILES string of the molecule is COCCN1C2=C(C(=O)CCC2)C(c2ccc(OCc3cc(C)cc(C)c3)c(OC)c2)C2=C1CCCC2=O. The Balaban J connectivity index is 1.54. The maximum absolute atomic E-state index is 13.4. The van der Waals surface area contributed by atoms with E-state index < -0.39 is 0 Å². The van der Waals surface area contributed by atoms with Crippen LogP contribution >= 0.6 is 0 Å². The molecule has 2 aliphatic carbocycles. The molecule has 6 nitrogen and oxygen atoms in total. The molecule has 0 amide bonds. The standard InChI is InChI=1S/C32H37NO5/c1-20-15-21(2)17-22(16-20)19-38-28-12-11-23(18-29(28)37-4)30-31-24(7-5-9-26(31)34)33(13-14-36-3)25-8-6-10-27(35)32(25)30/h11-12,15-18,30H,5-10,13-14,19H2,1-4H3. The van der Waals surface area contributed by atoms with E-state index in [1.165, 1.54) is 11.1 Å². The summed E-state index contributed by atoms with van der Waals surface area (Å²) in [6.45, 7) is 5.78. The van der Waals surface area contributed by atoms with Gasteiger partial charge < -0.3 is 19.1 Å². The zero-order valence-electron chi connectivity index (χ0n) is 22.9. The van der Waals surface area contributed by atoms with Crippen LogP contribution in [0.2, 0.25) is 0 Å². The number of carbonyl (C=O) groups excluding carboxylic acids is 2. The lowest BCUT2D eigenvalue weighted by Crippen LogP contribution is -2.40. The Bertz CT molecular complexity index is 1260. The molecule has 200 valence electrons. The summed E-state index contributed by atoms with van der Waals surface area (Å²) in [4.78, 5) is 29.1. The third-order valence-corrected chi connectivity index (χ3v) is 7.80. The molecule has 5 rings (SSSR count). The van der Waals surface area contributed by atoms with Crippen molar-refractivity contribution in [3.63, 3.8) is 0 Å². The number of hydrogen-bond acceptors (Lipinski definition) is 6. The summed E-state index contributed by atoms with van der Waals surface area (Å²) in [5.74, 6) is 1.14. The van der Waals surface area contributed by atoms with Crippen LogP contribution in [0.3, 0.4) is 0 Å². The van der Waals surface area contributed by atoms with E-state index in [1.807, 2.05) is 18.2 Å². The molecule has 2 aromatic rings. The van der Waals surface area contributed by atoms with E-state index in [0.717, 1.165) is 59.4 Å². The molecule has 38 heavy (non-hydrogen) atoms. The van der Waals surface area contributed by atoms with Crippen LogP contribution in [-0.4, -0.2) is 43.8 Å². The summed E-state index contributed by atoms with van der Waals surface area (Å²) < 4.78 is 17.3. The molecule has 3 aliphatic rings. The van der Waals surface area contributed by atoms with Crippen molar-refractivity contribution in [2.75, 3.05) is 27.4 Å². The monoisotopic (exact) mass is 515 g/mol. The average Bonchev–Trinajstić information content (AvgIpc) is 2.90. The molecule has 0 N–H and O–H groups in total. The van der Waals surface area contributed by atoms with Crippen LogP contribution in [0.1, 0.15) is 66.7 Å². The quantitative estimate of drug-likeness (QED) is 0.433. The van der Waals surface area contributed by atoms with Gasteiger partial charge in [-0.3, -0.25) is 9.59 Å². The van der Waals surface area contributed by atoms with Crippen LogP contribution in [0.5, 0.6) is 11.5 Å². The molecule has 0 unspecified atom stereocenters. The van der Waals surface area contributed by atoms with Gasteiger partial charge in [0.05, 0.1) is 13.7 Å². The van der Waals surface area contributed by atoms with Gasteiger partial charge >= 0.3 is 0 Å². The molecule has 0 atom stereocenters. The third-order valence-electron chi connectivity index (χ3n) is 7.80. The van der Waals surface area contributed by atoms with Crippen molar-refractivity contribution < 1.29 is 23.8 Å². The third kappa shape index (κ3) is 5.02. The van der Waals surface area contributed by atoms with Gasteiger partial charge in [-0.05, 0) is 62.8 Å². The fraction of sp³-hybridized carbons (Fsp3) is 0.438. The van der Waals surface area contributed by atoms with Crippen molar-refractivity contribution >= 4 is 11.6 Å². The largest absolute Gasteiger partial charge is 0.493 e. The minimum atomic E-state index is -0.373. The highest BCUT2D eigenvalue weighted by Crippen LogP contribution is 2.50. The van der Waals surface area contributed by atoms with Crippen LogP contribution in [0.25, 0.3) is 0 Å². The van der Waals surface area contributed by atoms with E-state index >= 15 is 0 Å². The van der Waals surface area contributed by atoms with Crippen molar-refractivity contribution in [3.05, 3.63) is 81.2 Å². The van der Waals surface area contributed by atoms with Crippen LogP contribution in [0.4, 0.5) is 0 Å². The fourth-order valence-electron chi connectivity index (χ4n) is 6.30. The Labute approximate surface area is 225 Å². The molecular weight excluding hydrogens is 478 g/mol. The number of ketones is 2. The molecule has 0 spiro atoms. The highest BCUT2D eigenvalue weighted by atomic mass is 16.5. The number of allylic oxidation sites excluding steroid dienone is 4. The lowest BCUT2D eigenvalue weighted by atomic mass is 9.71. The number of aryl methyl sites for hydroxylation is 2. The molecular formula is C32H37NO5. The van der Waals surface area contributed by atoms with Gasteiger partial charge in [0.15, 0.2) is 23.1 Å². The second kappa shape index (κ2) is 11.2. The maximum atomic E-state index is 13.4. The number of carbonyl (C=O) groups is 2. The first-order valence-electron chi connectivity index (χ1n) is 13.6. The van der Waals surface area contributed by atoms with Gasteiger partial charge in [0, 0.05) is 55.0 Å². The summed E-state index contributed by atoms with van der Waals surface area (Å²) in [6, 6.07) is 12.2. The second-order valence-electron chi connectivity index (χ2n) is 10.5. The summed E-state index contributed by atoms with van der Waals surface area (Å²) >= 11 is 0. The lowest BCUT2D eigenvalue weighted by Gasteiger charge is -2.44. The Morgan fingerprint density at radius 3 is 2.03 bits per heavy atom. The zero-order valence-corrected chi connectivity index (χ0v) is 22.9. The van der Waals surface area contributed by atoms with E-state index in [9.17, 15) is 9.59 Å². The van der Waals surface area contributed by atoms with E-state index in [0.29, 0.717) is 44.1 Å². The number of hydrogen-bond donors (Lipinski definition) is 0. The van der Waals surface area contributed by atoms with Crippen LogP contribution in [-0.2, 0) is 20.9 Å². The summed E-state index contributed by atoms with van der Waals surface area (Å²) in [6.07, 6.45) is 4.36. The van der Waals surface area contributed by atoms with Crippen molar-refractivity contribution in [1.82, 2.24) is 4.90 Å². The molecule has 0 saturated heterocycles. The molecule has 6 heteroatoms. The topological polar surface area (TPSA) is 65.1 Å². The Kier molecular flexibility index (Phi) is 7.70. The number of ether oxygens (including phenoxy) is 3. The summed E-state index contributed by atoms with van der Waals surface area (Å²) in [5, 5.41) is 0. The summed E-state index contributed by atoms with van der Waals surface area (Å²) in [7, 11) is 3.31. The zero-order chi connectivity index (χ0) is 26.8. The Morgan fingerprint density at radius 2 is 1.45 bits per heavy atom. The van der Waals surface area contributed by atoms with Gasteiger partial charge in [0.1, 0.15) is 6.61 Å². The second-order valence-corrected chi connectivity index (χ2v) is 10.5. The van der Waals surface area contributed by atoms with Crippen LogP contribution in [0.15, 0.2) is 58.9 Å². The minimum absolute atomic E-state index is 0.137.